The zero-order valence-electron chi connectivity index (χ0n) is 9.13. The van der Waals surface area contributed by atoms with Crippen molar-refractivity contribution in [2.45, 2.75) is 0 Å². The zero-order valence-corrected chi connectivity index (χ0v) is 11.5. The van der Waals surface area contributed by atoms with E-state index in [2.05, 4.69) is 5.32 Å². The predicted octanol–water partition coefficient (Wildman–Crippen LogP) is 1.68. The molecular formula is C10H12Cl2N2O2S. The molecule has 0 saturated heterocycles. The van der Waals surface area contributed by atoms with Crippen molar-refractivity contribution >= 4 is 45.6 Å². The molecule has 0 fully saturated rings. The Balaban J connectivity index is 2.73. The Morgan fingerprint density at radius 1 is 1.47 bits per heavy atom. The fraction of sp³-hybridized carbons (Fsp3) is 0.300. The van der Waals surface area contributed by atoms with E-state index in [1.54, 1.807) is 6.26 Å². The maximum absolute atomic E-state index is 11.7. The summed E-state index contributed by atoms with van der Waals surface area (Å²) in [4.78, 5) is 11.7. The van der Waals surface area contributed by atoms with Crippen LogP contribution in [0, 0.1) is 0 Å². The molecule has 3 N–H and O–H groups in total. The van der Waals surface area contributed by atoms with E-state index in [0.29, 0.717) is 17.9 Å². The first kappa shape index (κ1) is 14.3. The summed E-state index contributed by atoms with van der Waals surface area (Å²) in [6, 6.07) is 2.89. The summed E-state index contributed by atoms with van der Waals surface area (Å²) in [6.07, 6.45) is 1.57. The monoisotopic (exact) mass is 294 g/mol. The molecule has 0 saturated carbocycles. The lowest BCUT2D eigenvalue weighted by molar-refractivity contribution is 0.0956. The second-order valence-corrected chi connectivity index (χ2v) is 5.73. The number of anilines is 1. The van der Waals surface area contributed by atoms with Crippen LogP contribution in [0.25, 0.3) is 0 Å². The molecule has 0 aromatic heterocycles. The molecule has 1 rings (SSSR count). The first-order valence-electron chi connectivity index (χ1n) is 4.74. The Hall–Kier alpha value is -0.780. The maximum Gasteiger partial charge on any atom is 0.251 e. The molecular weight excluding hydrogens is 283 g/mol. The number of benzene rings is 1. The molecule has 0 bridgehead atoms. The van der Waals surface area contributed by atoms with E-state index >= 15 is 0 Å². The third kappa shape index (κ3) is 4.18. The van der Waals surface area contributed by atoms with Crippen LogP contribution in [0.1, 0.15) is 10.4 Å². The van der Waals surface area contributed by atoms with Crippen LogP contribution in [0.3, 0.4) is 0 Å². The highest BCUT2D eigenvalue weighted by Gasteiger charge is 2.10. The minimum atomic E-state index is -0.937. The standard InChI is InChI=1S/C10H12Cl2N2O2S/c1-17(16)3-2-14-10(15)6-4-7(11)9(12)8(13)5-6/h4-5H,2-3,13H2,1H3,(H,14,15). The summed E-state index contributed by atoms with van der Waals surface area (Å²) in [5.41, 5.74) is 6.18. The van der Waals surface area contributed by atoms with Crippen molar-refractivity contribution in [3.8, 4) is 0 Å². The smallest absolute Gasteiger partial charge is 0.251 e. The number of carbonyl (C=O) groups excluding carboxylic acids is 1. The van der Waals surface area contributed by atoms with Crippen molar-refractivity contribution in [1.29, 1.82) is 0 Å². The lowest BCUT2D eigenvalue weighted by Crippen LogP contribution is -2.27. The molecule has 94 valence electrons. The fourth-order valence-corrected chi connectivity index (χ4v) is 1.88. The van der Waals surface area contributed by atoms with Gasteiger partial charge in [0.25, 0.3) is 5.91 Å². The topological polar surface area (TPSA) is 72.2 Å². The molecule has 1 aromatic rings. The highest BCUT2D eigenvalue weighted by atomic mass is 35.5. The van der Waals surface area contributed by atoms with Crippen LogP contribution in [0.2, 0.25) is 10.0 Å². The molecule has 1 unspecified atom stereocenters. The number of amides is 1. The number of halogens is 2. The Bertz CT molecular complexity index is 443. The van der Waals surface area contributed by atoms with Gasteiger partial charge in [-0.25, -0.2) is 0 Å². The molecule has 1 amide bonds. The molecule has 7 heteroatoms. The molecule has 0 aliphatic rings. The zero-order chi connectivity index (χ0) is 13.0. The Kier molecular flexibility index (Phi) is 5.24. The molecule has 4 nitrogen and oxygen atoms in total. The van der Waals surface area contributed by atoms with Gasteiger partial charge >= 0.3 is 0 Å². The van der Waals surface area contributed by atoms with Gasteiger partial charge in [-0.05, 0) is 12.1 Å². The van der Waals surface area contributed by atoms with Gasteiger partial charge in [0, 0.05) is 34.9 Å². The van der Waals surface area contributed by atoms with Crippen molar-refractivity contribution < 1.29 is 9.00 Å². The maximum atomic E-state index is 11.7. The molecule has 0 spiro atoms. The molecule has 0 aliphatic carbocycles. The molecule has 0 radical (unpaired) electrons. The summed E-state index contributed by atoms with van der Waals surface area (Å²) >= 11 is 11.6. The van der Waals surface area contributed by atoms with Crippen molar-refractivity contribution in [1.82, 2.24) is 5.32 Å². The molecule has 1 aromatic carbocycles. The van der Waals surface area contributed by atoms with Gasteiger partial charge in [0.2, 0.25) is 0 Å². The summed E-state index contributed by atoms with van der Waals surface area (Å²) in [5.74, 6) is 0.0865. The van der Waals surface area contributed by atoms with Gasteiger partial charge in [-0.1, -0.05) is 23.2 Å². The van der Waals surface area contributed by atoms with Crippen LogP contribution in [0.5, 0.6) is 0 Å². The normalized spacial score (nSPS) is 12.2. The molecule has 0 aliphatic heterocycles. The van der Waals surface area contributed by atoms with Gasteiger partial charge in [-0.3, -0.25) is 9.00 Å². The van der Waals surface area contributed by atoms with Gasteiger partial charge in [0.15, 0.2) is 0 Å². The van der Waals surface area contributed by atoms with Crippen LogP contribution in [-0.2, 0) is 10.8 Å². The number of nitrogens with one attached hydrogen (secondary N) is 1. The Morgan fingerprint density at radius 3 is 2.65 bits per heavy atom. The minimum absolute atomic E-state index is 0.232. The van der Waals surface area contributed by atoms with Crippen LogP contribution >= 0.6 is 23.2 Å². The van der Waals surface area contributed by atoms with E-state index in [9.17, 15) is 9.00 Å². The van der Waals surface area contributed by atoms with Crippen LogP contribution in [0.15, 0.2) is 12.1 Å². The Morgan fingerprint density at radius 2 is 2.12 bits per heavy atom. The Labute approximate surface area is 112 Å². The van der Waals surface area contributed by atoms with Crippen LogP contribution in [-0.4, -0.2) is 28.7 Å². The van der Waals surface area contributed by atoms with Crippen molar-refractivity contribution in [3.63, 3.8) is 0 Å². The largest absolute Gasteiger partial charge is 0.397 e. The second kappa shape index (κ2) is 6.23. The number of hydrogen-bond donors (Lipinski definition) is 2. The number of nitrogen functional groups attached to an aromatic ring is 1. The van der Waals surface area contributed by atoms with E-state index in [-0.39, 0.29) is 21.6 Å². The van der Waals surface area contributed by atoms with Gasteiger partial charge in [0.1, 0.15) is 0 Å². The summed E-state index contributed by atoms with van der Waals surface area (Å²) in [6.45, 7) is 0.335. The van der Waals surface area contributed by atoms with Crippen molar-refractivity contribution in [3.05, 3.63) is 27.7 Å². The quantitative estimate of drug-likeness (QED) is 0.830. The van der Waals surface area contributed by atoms with Crippen LogP contribution in [0.4, 0.5) is 5.69 Å². The summed E-state index contributed by atoms with van der Waals surface area (Å²) in [7, 11) is -0.937. The number of rotatable bonds is 4. The molecule has 1 atom stereocenters. The number of carbonyl (C=O) groups is 1. The van der Waals surface area contributed by atoms with E-state index < -0.39 is 10.8 Å². The van der Waals surface area contributed by atoms with Gasteiger partial charge in [-0.15, -0.1) is 0 Å². The fourth-order valence-electron chi connectivity index (χ4n) is 1.15. The molecule has 0 heterocycles. The van der Waals surface area contributed by atoms with Gasteiger partial charge < -0.3 is 11.1 Å². The average molecular weight is 295 g/mol. The van der Waals surface area contributed by atoms with Crippen molar-refractivity contribution in [2.24, 2.45) is 0 Å². The lowest BCUT2D eigenvalue weighted by Gasteiger charge is -2.07. The predicted molar refractivity (Wildman–Crippen MR) is 72.1 cm³/mol. The summed E-state index contributed by atoms with van der Waals surface area (Å²) < 4.78 is 10.8. The first-order chi connectivity index (χ1) is 7.91. The van der Waals surface area contributed by atoms with E-state index in [0.717, 1.165) is 0 Å². The lowest BCUT2D eigenvalue weighted by atomic mass is 10.2. The highest BCUT2D eigenvalue weighted by Crippen LogP contribution is 2.29. The van der Waals surface area contributed by atoms with E-state index in [1.807, 2.05) is 0 Å². The van der Waals surface area contributed by atoms with Crippen LogP contribution < -0.4 is 11.1 Å². The third-order valence-corrected chi connectivity index (χ3v) is 3.59. The van der Waals surface area contributed by atoms with E-state index in [4.69, 9.17) is 28.9 Å². The summed E-state index contributed by atoms with van der Waals surface area (Å²) in [5, 5.41) is 3.08. The number of hydrogen-bond acceptors (Lipinski definition) is 3. The average Bonchev–Trinajstić information content (AvgIpc) is 2.24. The highest BCUT2D eigenvalue weighted by molar-refractivity contribution is 7.84. The third-order valence-electron chi connectivity index (χ3n) is 1.99. The minimum Gasteiger partial charge on any atom is -0.397 e. The van der Waals surface area contributed by atoms with Gasteiger partial charge in [0.05, 0.1) is 15.7 Å². The first-order valence-corrected chi connectivity index (χ1v) is 7.23. The number of nitrogens with two attached hydrogens (primary N) is 1. The van der Waals surface area contributed by atoms with Gasteiger partial charge in [-0.2, -0.15) is 0 Å². The molecule has 17 heavy (non-hydrogen) atoms. The second-order valence-electron chi connectivity index (χ2n) is 3.39. The van der Waals surface area contributed by atoms with E-state index in [1.165, 1.54) is 12.1 Å². The SMILES string of the molecule is CS(=O)CCNC(=O)c1cc(N)c(Cl)c(Cl)c1. The van der Waals surface area contributed by atoms with Crippen molar-refractivity contribution in [2.75, 3.05) is 24.3 Å².